The molecule has 2 aromatic carbocycles. The average molecular weight is 390 g/mol. The topological polar surface area (TPSA) is 42.0 Å². The number of para-hydroxylation sites is 1. The number of aryl methyl sites for hydroxylation is 2. The second-order valence-electron chi connectivity index (χ2n) is 6.16. The number of hydrogen-bond donors (Lipinski definition) is 1. The van der Waals surface area contributed by atoms with Gasteiger partial charge < -0.3 is 5.32 Å². The molecule has 3 aromatic rings. The van der Waals surface area contributed by atoms with Gasteiger partial charge in [0, 0.05) is 11.1 Å². The van der Waals surface area contributed by atoms with Crippen LogP contribution in [-0.4, -0.2) is 16.6 Å². The maximum absolute atomic E-state index is 12.7. The number of carbonyl (C=O) groups is 1. The molecule has 0 aliphatic carbocycles. The summed E-state index contributed by atoms with van der Waals surface area (Å²) in [6.45, 7) is 3.96. The Kier molecular flexibility index (Phi) is 5.41. The summed E-state index contributed by atoms with van der Waals surface area (Å²) in [6.07, 6.45) is -4.44. The second kappa shape index (κ2) is 7.60. The van der Waals surface area contributed by atoms with Crippen LogP contribution in [0.15, 0.2) is 53.6 Å². The van der Waals surface area contributed by atoms with Gasteiger partial charge in [0.05, 0.1) is 21.9 Å². The molecule has 1 heterocycles. The molecule has 3 nitrogen and oxygen atoms in total. The van der Waals surface area contributed by atoms with Crippen molar-refractivity contribution in [1.29, 1.82) is 0 Å². The Morgan fingerprint density at radius 3 is 2.56 bits per heavy atom. The van der Waals surface area contributed by atoms with Crippen LogP contribution < -0.4 is 5.32 Å². The van der Waals surface area contributed by atoms with Gasteiger partial charge in [0.15, 0.2) is 0 Å². The smallest absolute Gasteiger partial charge is 0.325 e. The van der Waals surface area contributed by atoms with E-state index in [0.717, 1.165) is 34.2 Å². The summed E-state index contributed by atoms with van der Waals surface area (Å²) in [5, 5.41) is 4.27. The molecule has 1 aromatic heterocycles. The van der Waals surface area contributed by atoms with Gasteiger partial charge in [0.1, 0.15) is 0 Å². The highest BCUT2D eigenvalue weighted by molar-refractivity contribution is 7.99. The third-order valence-electron chi connectivity index (χ3n) is 4.05. The van der Waals surface area contributed by atoms with Gasteiger partial charge in [-0.25, -0.2) is 4.98 Å². The van der Waals surface area contributed by atoms with E-state index >= 15 is 0 Å². The van der Waals surface area contributed by atoms with Crippen molar-refractivity contribution < 1.29 is 18.0 Å². The van der Waals surface area contributed by atoms with E-state index in [4.69, 9.17) is 0 Å². The van der Waals surface area contributed by atoms with E-state index in [1.807, 2.05) is 38.1 Å². The minimum atomic E-state index is -4.44. The minimum absolute atomic E-state index is 0.0556. The Hall–Kier alpha value is -2.54. The third-order valence-corrected chi connectivity index (χ3v) is 4.96. The molecule has 140 valence electrons. The molecule has 0 bridgehead atoms. The number of carbonyl (C=O) groups excluding carboxylic acids is 1. The summed E-state index contributed by atoms with van der Waals surface area (Å²) in [7, 11) is 0. The summed E-state index contributed by atoms with van der Waals surface area (Å²) in [5.41, 5.74) is 2.32. The number of alkyl halides is 3. The highest BCUT2D eigenvalue weighted by atomic mass is 32.2. The van der Waals surface area contributed by atoms with Crippen LogP contribution in [0.1, 0.15) is 16.7 Å². The lowest BCUT2D eigenvalue weighted by Gasteiger charge is -2.10. The predicted octanol–water partition coefficient (Wildman–Crippen LogP) is 5.60. The molecule has 27 heavy (non-hydrogen) atoms. The van der Waals surface area contributed by atoms with Gasteiger partial charge in [-0.3, -0.25) is 4.79 Å². The van der Waals surface area contributed by atoms with Crippen LogP contribution >= 0.6 is 11.8 Å². The quantitative estimate of drug-likeness (QED) is 0.590. The van der Waals surface area contributed by atoms with Crippen molar-refractivity contribution in [1.82, 2.24) is 4.98 Å². The van der Waals surface area contributed by atoms with E-state index in [1.165, 1.54) is 23.9 Å². The van der Waals surface area contributed by atoms with E-state index in [9.17, 15) is 18.0 Å². The molecule has 0 aliphatic rings. The summed E-state index contributed by atoms with van der Waals surface area (Å²) >= 11 is 1.25. The van der Waals surface area contributed by atoms with Crippen molar-refractivity contribution in [3.05, 3.63) is 65.2 Å². The Labute approximate surface area is 159 Å². The molecule has 0 aliphatic heterocycles. The first-order valence-electron chi connectivity index (χ1n) is 8.21. The number of pyridine rings is 1. The van der Waals surface area contributed by atoms with E-state index in [1.54, 1.807) is 0 Å². The molecular formula is C20H17F3N2OS. The molecule has 0 saturated heterocycles. The van der Waals surface area contributed by atoms with Crippen LogP contribution in [0.5, 0.6) is 0 Å². The zero-order valence-electron chi connectivity index (χ0n) is 14.7. The van der Waals surface area contributed by atoms with Gasteiger partial charge in [0.2, 0.25) is 5.91 Å². The van der Waals surface area contributed by atoms with Crippen LogP contribution in [-0.2, 0) is 11.0 Å². The highest BCUT2D eigenvalue weighted by Gasteiger charge is 2.30. The third kappa shape index (κ3) is 4.60. The molecule has 0 unspecified atom stereocenters. The van der Waals surface area contributed by atoms with Gasteiger partial charge in [-0.05, 0) is 49.2 Å². The first kappa shape index (κ1) is 19.2. The Morgan fingerprint density at radius 2 is 1.81 bits per heavy atom. The normalized spacial score (nSPS) is 11.6. The fourth-order valence-electron chi connectivity index (χ4n) is 2.71. The minimum Gasteiger partial charge on any atom is -0.325 e. The van der Waals surface area contributed by atoms with E-state index in [-0.39, 0.29) is 17.3 Å². The van der Waals surface area contributed by atoms with Crippen molar-refractivity contribution in [2.45, 2.75) is 25.0 Å². The molecule has 0 spiro atoms. The number of fused-ring (bicyclic) bond motifs is 1. The Bertz CT molecular complexity index is 1000. The molecule has 3 rings (SSSR count). The largest absolute Gasteiger partial charge is 0.416 e. The van der Waals surface area contributed by atoms with E-state index in [2.05, 4.69) is 10.3 Å². The number of nitrogens with zero attached hydrogens (tertiary/aromatic N) is 1. The van der Waals surface area contributed by atoms with Crippen molar-refractivity contribution >= 4 is 34.3 Å². The second-order valence-corrected chi connectivity index (χ2v) is 7.16. The predicted molar refractivity (Wildman–Crippen MR) is 102 cm³/mol. The number of amides is 1. The summed E-state index contributed by atoms with van der Waals surface area (Å²) < 4.78 is 38.2. The molecule has 0 radical (unpaired) electrons. The lowest BCUT2D eigenvalue weighted by Crippen LogP contribution is -2.15. The first-order valence-corrected chi connectivity index (χ1v) is 9.19. The fraction of sp³-hybridized carbons (Fsp3) is 0.200. The Balaban J connectivity index is 1.69. The van der Waals surface area contributed by atoms with Crippen molar-refractivity contribution in [2.24, 2.45) is 0 Å². The maximum atomic E-state index is 12.7. The van der Waals surface area contributed by atoms with Crippen LogP contribution in [0.2, 0.25) is 0 Å². The average Bonchev–Trinajstić information content (AvgIpc) is 2.60. The summed E-state index contributed by atoms with van der Waals surface area (Å²) in [5.74, 6) is -0.330. The van der Waals surface area contributed by atoms with Crippen LogP contribution in [0.25, 0.3) is 10.9 Å². The van der Waals surface area contributed by atoms with Crippen LogP contribution in [0, 0.1) is 13.8 Å². The molecule has 1 N–H and O–H groups in total. The van der Waals surface area contributed by atoms with Gasteiger partial charge in [0.25, 0.3) is 0 Å². The zero-order valence-corrected chi connectivity index (χ0v) is 15.5. The van der Waals surface area contributed by atoms with Gasteiger partial charge in [-0.1, -0.05) is 36.0 Å². The van der Waals surface area contributed by atoms with Crippen molar-refractivity contribution in [3.63, 3.8) is 0 Å². The van der Waals surface area contributed by atoms with E-state index < -0.39 is 11.7 Å². The maximum Gasteiger partial charge on any atom is 0.416 e. The van der Waals surface area contributed by atoms with Gasteiger partial charge in [-0.15, -0.1) is 0 Å². The summed E-state index contributed by atoms with van der Waals surface area (Å²) in [6, 6.07) is 12.4. The molecule has 0 fully saturated rings. The van der Waals surface area contributed by atoms with E-state index in [0.29, 0.717) is 5.03 Å². The van der Waals surface area contributed by atoms with Crippen molar-refractivity contribution in [2.75, 3.05) is 11.1 Å². The number of thioether (sulfide) groups is 1. The lowest BCUT2D eigenvalue weighted by atomic mass is 10.1. The monoisotopic (exact) mass is 390 g/mol. The van der Waals surface area contributed by atoms with Gasteiger partial charge >= 0.3 is 6.18 Å². The number of nitrogens with one attached hydrogen (secondary N) is 1. The molecule has 1 amide bonds. The number of halogens is 3. The molecule has 0 atom stereocenters. The van der Waals surface area contributed by atoms with Crippen LogP contribution in [0.4, 0.5) is 18.9 Å². The molecule has 7 heteroatoms. The first-order chi connectivity index (χ1) is 12.7. The standard InChI is InChI=1S/C20H17F3N2OS/c1-12-5-3-8-16-13(2)9-18(25-19(12)16)27-11-17(26)24-15-7-4-6-14(10-15)20(21,22)23/h3-10H,11H2,1-2H3,(H,24,26). The number of rotatable bonds is 4. The number of hydrogen-bond acceptors (Lipinski definition) is 3. The zero-order chi connectivity index (χ0) is 19.6. The fourth-order valence-corrected chi connectivity index (χ4v) is 3.48. The summed E-state index contributed by atoms with van der Waals surface area (Å²) in [4.78, 5) is 16.7. The number of anilines is 1. The van der Waals surface area contributed by atoms with Crippen LogP contribution in [0.3, 0.4) is 0 Å². The SMILES string of the molecule is Cc1cc(SCC(=O)Nc2cccc(C(F)(F)F)c2)nc2c(C)cccc12. The molecule has 0 saturated carbocycles. The van der Waals surface area contributed by atoms with Gasteiger partial charge in [-0.2, -0.15) is 13.2 Å². The number of benzene rings is 2. The lowest BCUT2D eigenvalue weighted by molar-refractivity contribution is -0.137. The number of aromatic nitrogens is 1. The highest BCUT2D eigenvalue weighted by Crippen LogP contribution is 2.31. The molecular weight excluding hydrogens is 373 g/mol. The Morgan fingerprint density at radius 1 is 1.07 bits per heavy atom. The van der Waals surface area contributed by atoms with Crippen molar-refractivity contribution in [3.8, 4) is 0 Å².